The van der Waals surface area contributed by atoms with Crippen LogP contribution >= 0.6 is 0 Å². The zero-order chi connectivity index (χ0) is 22.0. The molecule has 32 heavy (non-hydrogen) atoms. The minimum absolute atomic E-state index is 0.592. The molecule has 178 valence electrons. The fourth-order valence-corrected chi connectivity index (χ4v) is 5.46. The minimum Gasteiger partial charge on any atom is -0.381 e. The van der Waals surface area contributed by atoms with Crippen LogP contribution in [0.1, 0.15) is 44.6 Å². The van der Waals surface area contributed by atoms with Gasteiger partial charge in [0.15, 0.2) is 5.96 Å². The van der Waals surface area contributed by atoms with E-state index in [0.717, 1.165) is 83.9 Å². The first kappa shape index (κ1) is 23.5. The zero-order valence-electron chi connectivity index (χ0n) is 19.9. The Morgan fingerprint density at radius 1 is 1.19 bits per heavy atom. The van der Waals surface area contributed by atoms with Crippen LogP contribution in [0.25, 0.3) is 0 Å². The third kappa shape index (κ3) is 6.69. The van der Waals surface area contributed by atoms with Gasteiger partial charge >= 0.3 is 0 Å². The molecule has 0 saturated carbocycles. The molecule has 0 radical (unpaired) electrons. The largest absolute Gasteiger partial charge is 0.381 e. The van der Waals surface area contributed by atoms with E-state index in [9.17, 15) is 0 Å². The number of likely N-dealkylation sites (tertiary alicyclic amines) is 2. The Kier molecular flexibility index (Phi) is 9.24. The fraction of sp³-hybridized carbons (Fsp3) is 0.731. The Bertz CT molecular complexity index is 692. The predicted molar refractivity (Wildman–Crippen MR) is 130 cm³/mol. The number of piperidine rings is 2. The molecule has 1 N–H and O–H groups in total. The van der Waals surface area contributed by atoms with Gasteiger partial charge in [-0.2, -0.15) is 0 Å². The van der Waals surface area contributed by atoms with Crippen molar-refractivity contribution in [2.75, 3.05) is 59.2 Å². The van der Waals surface area contributed by atoms with E-state index in [1.165, 1.54) is 31.4 Å². The number of guanidine groups is 1. The van der Waals surface area contributed by atoms with Gasteiger partial charge in [-0.15, -0.1) is 0 Å². The monoisotopic (exact) mass is 442 g/mol. The first-order valence-corrected chi connectivity index (χ1v) is 12.8. The summed E-state index contributed by atoms with van der Waals surface area (Å²) in [7, 11) is 0. The lowest BCUT2D eigenvalue weighted by atomic mass is 9.83. The Balaban J connectivity index is 1.24. The number of fused-ring (bicyclic) bond motifs is 1. The van der Waals surface area contributed by atoms with Crippen molar-refractivity contribution >= 4 is 5.96 Å². The topological polar surface area (TPSA) is 49.3 Å². The number of hydrogen-bond acceptors (Lipinski definition) is 4. The normalized spacial score (nSPS) is 26.8. The molecule has 0 aromatic heterocycles. The second-order valence-electron chi connectivity index (χ2n) is 9.55. The van der Waals surface area contributed by atoms with Crippen molar-refractivity contribution in [3.8, 4) is 0 Å². The SMILES string of the molecule is CCNC(=NCCCOCC1CCOC1)N1CCC2C(CCCN2Cc2ccccc2)C1. The van der Waals surface area contributed by atoms with E-state index in [-0.39, 0.29) is 0 Å². The van der Waals surface area contributed by atoms with Crippen molar-refractivity contribution in [1.82, 2.24) is 15.1 Å². The highest BCUT2D eigenvalue weighted by atomic mass is 16.5. The number of ether oxygens (including phenoxy) is 2. The average molecular weight is 443 g/mol. The van der Waals surface area contributed by atoms with Gasteiger partial charge in [0.1, 0.15) is 0 Å². The standard InChI is InChI=1S/C26H42N4O2/c1-2-27-26(28-13-7-16-31-20-23-12-17-32-21-23)30-15-11-25-24(19-30)10-6-14-29(25)18-22-8-4-3-5-9-22/h3-5,8-9,23-25H,2,6-7,10-21H2,1H3,(H,27,28). The van der Waals surface area contributed by atoms with Crippen molar-refractivity contribution < 1.29 is 9.47 Å². The molecular formula is C26H42N4O2. The highest BCUT2D eigenvalue weighted by molar-refractivity contribution is 5.80. The van der Waals surface area contributed by atoms with Gasteiger partial charge in [-0.05, 0) is 57.1 Å². The fourth-order valence-electron chi connectivity index (χ4n) is 5.46. The van der Waals surface area contributed by atoms with Gasteiger partial charge in [0, 0.05) is 57.9 Å². The van der Waals surface area contributed by atoms with E-state index in [2.05, 4.69) is 52.4 Å². The van der Waals surface area contributed by atoms with Gasteiger partial charge < -0.3 is 19.7 Å². The maximum absolute atomic E-state index is 5.85. The van der Waals surface area contributed by atoms with Crippen LogP contribution < -0.4 is 5.32 Å². The Morgan fingerprint density at radius 3 is 2.91 bits per heavy atom. The van der Waals surface area contributed by atoms with Crippen LogP contribution in [-0.2, 0) is 16.0 Å². The van der Waals surface area contributed by atoms with Gasteiger partial charge in [0.05, 0.1) is 13.2 Å². The lowest BCUT2D eigenvalue weighted by Gasteiger charge is -2.48. The van der Waals surface area contributed by atoms with Crippen molar-refractivity contribution in [2.24, 2.45) is 16.8 Å². The van der Waals surface area contributed by atoms with Crippen molar-refractivity contribution in [2.45, 2.75) is 51.6 Å². The van der Waals surface area contributed by atoms with E-state index in [4.69, 9.17) is 14.5 Å². The molecule has 3 fully saturated rings. The van der Waals surface area contributed by atoms with Gasteiger partial charge in [0.2, 0.25) is 0 Å². The number of hydrogen-bond donors (Lipinski definition) is 1. The van der Waals surface area contributed by atoms with Crippen molar-refractivity contribution in [3.63, 3.8) is 0 Å². The summed E-state index contributed by atoms with van der Waals surface area (Å²) < 4.78 is 11.3. The Morgan fingerprint density at radius 2 is 2.09 bits per heavy atom. The molecule has 6 nitrogen and oxygen atoms in total. The first-order chi connectivity index (χ1) is 15.8. The molecular weight excluding hydrogens is 400 g/mol. The molecule has 1 aromatic rings. The highest BCUT2D eigenvalue weighted by Crippen LogP contribution is 2.31. The third-order valence-electron chi connectivity index (χ3n) is 7.13. The molecule has 3 atom stereocenters. The summed E-state index contributed by atoms with van der Waals surface area (Å²) >= 11 is 0. The van der Waals surface area contributed by atoms with E-state index in [1.807, 2.05) is 0 Å². The molecule has 3 heterocycles. The highest BCUT2D eigenvalue weighted by Gasteiger charge is 2.36. The molecule has 3 saturated heterocycles. The van der Waals surface area contributed by atoms with Crippen molar-refractivity contribution in [3.05, 3.63) is 35.9 Å². The van der Waals surface area contributed by atoms with Crippen LogP contribution in [-0.4, -0.2) is 81.0 Å². The van der Waals surface area contributed by atoms with Crippen LogP contribution in [0.5, 0.6) is 0 Å². The second kappa shape index (κ2) is 12.6. The molecule has 3 aliphatic heterocycles. The smallest absolute Gasteiger partial charge is 0.193 e. The number of aliphatic imine (C=N–C) groups is 1. The van der Waals surface area contributed by atoms with Crippen molar-refractivity contribution in [1.29, 1.82) is 0 Å². The zero-order valence-corrected chi connectivity index (χ0v) is 19.9. The molecule has 0 amide bonds. The van der Waals surface area contributed by atoms with Crippen LogP contribution in [0.2, 0.25) is 0 Å². The van der Waals surface area contributed by atoms with Crippen LogP contribution in [0.4, 0.5) is 0 Å². The van der Waals surface area contributed by atoms with E-state index >= 15 is 0 Å². The number of benzene rings is 1. The van der Waals surface area contributed by atoms with Crippen LogP contribution in [0.3, 0.4) is 0 Å². The summed E-state index contributed by atoms with van der Waals surface area (Å²) in [5.74, 6) is 2.42. The molecule has 0 bridgehead atoms. The minimum atomic E-state index is 0.592. The van der Waals surface area contributed by atoms with Gasteiger partial charge in [-0.1, -0.05) is 30.3 Å². The summed E-state index contributed by atoms with van der Waals surface area (Å²) in [6.07, 6.45) is 5.99. The average Bonchev–Trinajstić information content (AvgIpc) is 3.35. The van der Waals surface area contributed by atoms with E-state index in [0.29, 0.717) is 12.0 Å². The summed E-state index contributed by atoms with van der Waals surface area (Å²) in [6.45, 7) is 11.8. The summed E-state index contributed by atoms with van der Waals surface area (Å²) in [6, 6.07) is 11.7. The molecule has 3 aliphatic rings. The second-order valence-corrected chi connectivity index (χ2v) is 9.55. The maximum atomic E-state index is 5.85. The molecule has 6 heteroatoms. The lowest BCUT2D eigenvalue weighted by Crippen LogP contribution is -2.56. The lowest BCUT2D eigenvalue weighted by molar-refractivity contribution is 0.0372. The van der Waals surface area contributed by atoms with Gasteiger partial charge in [0.25, 0.3) is 0 Å². The summed E-state index contributed by atoms with van der Waals surface area (Å²) in [4.78, 5) is 10.2. The van der Waals surface area contributed by atoms with Crippen LogP contribution in [0.15, 0.2) is 35.3 Å². The molecule has 3 unspecified atom stereocenters. The number of nitrogens with one attached hydrogen (secondary N) is 1. The first-order valence-electron chi connectivity index (χ1n) is 12.8. The molecule has 0 aliphatic carbocycles. The third-order valence-corrected chi connectivity index (χ3v) is 7.13. The summed E-state index contributed by atoms with van der Waals surface area (Å²) in [5, 5.41) is 3.54. The van der Waals surface area contributed by atoms with E-state index < -0.39 is 0 Å². The quantitative estimate of drug-likeness (QED) is 0.361. The Labute approximate surface area is 194 Å². The van der Waals surface area contributed by atoms with Gasteiger partial charge in [-0.25, -0.2) is 0 Å². The number of rotatable bonds is 9. The van der Waals surface area contributed by atoms with Gasteiger partial charge in [-0.3, -0.25) is 9.89 Å². The maximum Gasteiger partial charge on any atom is 0.193 e. The molecule has 1 aromatic carbocycles. The van der Waals surface area contributed by atoms with E-state index in [1.54, 1.807) is 0 Å². The predicted octanol–water partition coefficient (Wildman–Crippen LogP) is 3.38. The summed E-state index contributed by atoms with van der Waals surface area (Å²) in [5.41, 5.74) is 1.44. The molecule has 4 rings (SSSR count). The number of nitrogens with zero attached hydrogens (tertiary/aromatic N) is 3. The molecule has 0 spiro atoms. The Hall–Kier alpha value is -1.63. The van der Waals surface area contributed by atoms with Crippen LogP contribution in [0, 0.1) is 11.8 Å².